The standard InChI is InChI=1S/C17H33/c1-5-6-7-8-9-10-11-12-13-14-15-17(4)16(2)3/h2,5-15H2,1,3-4H3. The normalized spacial score (nSPS) is 12.7. The van der Waals surface area contributed by atoms with Gasteiger partial charge in [0.15, 0.2) is 0 Å². The molecular weight excluding hydrogens is 204 g/mol. The molecule has 0 fully saturated rings. The highest BCUT2D eigenvalue weighted by atomic mass is 14.0. The molecule has 0 nitrogen and oxygen atoms in total. The van der Waals surface area contributed by atoms with Crippen molar-refractivity contribution in [2.75, 3.05) is 0 Å². The van der Waals surface area contributed by atoms with Crippen LogP contribution < -0.4 is 0 Å². The molecule has 0 spiro atoms. The predicted octanol–water partition coefficient (Wildman–Crippen LogP) is 6.47. The van der Waals surface area contributed by atoms with E-state index in [0.29, 0.717) is 0 Å². The van der Waals surface area contributed by atoms with E-state index in [2.05, 4.69) is 27.7 Å². The SMILES string of the molecule is [CH2]C(C)=C(C)CCCCCCCCCCCC. The summed E-state index contributed by atoms with van der Waals surface area (Å²) >= 11 is 0. The van der Waals surface area contributed by atoms with Gasteiger partial charge in [-0.1, -0.05) is 75.9 Å². The van der Waals surface area contributed by atoms with E-state index >= 15 is 0 Å². The Morgan fingerprint density at radius 3 is 1.53 bits per heavy atom. The fourth-order valence-corrected chi connectivity index (χ4v) is 2.09. The Hall–Kier alpha value is -0.260. The highest BCUT2D eigenvalue weighted by molar-refractivity contribution is 5.11. The van der Waals surface area contributed by atoms with E-state index in [1.54, 1.807) is 0 Å². The van der Waals surface area contributed by atoms with Crippen molar-refractivity contribution >= 4 is 0 Å². The van der Waals surface area contributed by atoms with Gasteiger partial charge in [-0.2, -0.15) is 0 Å². The van der Waals surface area contributed by atoms with Crippen molar-refractivity contribution in [3.63, 3.8) is 0 Å². The maximum absolute atomic E-state index is 3.98. The molecule has 101 valence electrons. The van der Waals surface area contributed by atoms with Crippen LogP contribution in [0.2, 0.25) is 0 Å². The molecule has 0 bridgehead atoms. The molecule has 0 N–H and O–H groups in total. The lowest BCUT2D eigenvalue weighted by Gasteiger charge is -2.04. The quantitative estimate of drug-likeness (QED) is 0.361. The maximum Gasteiger partial charge on any atom is -0.0283 e. The average molecular weight is 237 g/mol. The van der Waals surface area contributed by atoms with Crippen LogP contribution in [-0.2, 0) is 0 Å². The topological polar surface area (TPSA) is 0 Å². The lowest BCUT2D eigenvalue weighted by Crippen LogP contribution is -1.84. The number of rotatable bonds is 11. The molecule has 0 aromatic rings. The first-order valence-corrected chi connectivity index (χ1v) is 7.66. The molecule has 0 aliphatic carbocycles. The summed E-state index contributed by atoms with van der Waals surface area (Å²) in [6.07, 6.45) is 15.5. The molecule has 1 radical (unpaired) electrons. The van der Waals surface area contributed by atoms with Gasteiger partial charge in [-0.05, 0) is 33.6 Å². The van der Waals surface area contributed by atoms with Crippen LogP contribution in [0, 0.1) is 6.92 Å². The Kier molecular flexibility index (Phi) is 12.0. The van der Waals surface area contributed by atoms with E-state index in [4.69, 9.17) is 0 Å². The third-order valence-electron chi connectivity index (χ3n) is 3.63. The van der Waals surface area contributed by atoms with E-state index in [-0.39, 0.29) is 0 Å². The summed E-state index contributed by atoms with van der Waals surface area (Å²) in [6.45, 7) is 10.6. The van der Waals surface area contributed by atoms with Crippen molar-refractivity contribution in [2.45, 2.75) is 91.4 Å². The van der Waals surface area contributed by atoms with Gasteiger partial charge in [-0.15, -0.1) is 0 Å². The molecule has 0 atom stereocenters. The molecular formula is C17H33. The van der Waals surface area contributed by atoms with Crippen molar-refractivity contribution in [3.05, 3.63) is 18.1 Å². The second-order valence-electron chi connectivity index (χ2n) is 5.49. The summed E-state index contributed by atoms with van der Waals surface area (Å²) in [5, 5.41) is 0. The molecule has 0 saturated heterocycles. The van der Waals surface area contributed by atoms with Gasteiger partial charge in [0.1, 0.15) is 0 Å². The Balaban J connectivity index is 3.11. The van der Waals surface area contributed by atoms with Crippen molar-refractivity contribution < 1.29 is 0 Å². The van der Waals surface area contributed by atoms with Crippen LogP contribution in [0.25, 0.3) is 0 Å². The Labute approximate surface area is 110 Å². The van der Waals surface area contributed by atoms with Gasteiger partial charge in [0.2, 0.25) is 0 Å². The van der Waals surface area contributed by atoms with Crippen LogP contribution in [0.5, 0.6) is 0 Å². The molecule has 0 aliphatic heterocycles. The minimum Gasteiger partial charge on any atom is -0.0744 e. The van der Waals surface area contributed by atoms with Crippen LogP contribution in [0.3, 0.4) is 0 Å². The molecule has 0 heteroatoms. The zero-order chi connectivity index (χ0) is 12.9. The summed E-state index contributed by atoms with van der Waals surface area (Å²) in [6, 6.07) is 0. The van der Waals surface area contributed by atoms with E-state index in [1.165, 1.54) is 81.8 Å². The van der Waals surface area contributed by atoms with E-state index < -0.39 is 0 Å². The molecule has 0 unspecified atom stereocenters. The molecule has 0 amide bonds. The lowest BCUT2D eigenvalue weighted by molar-refractivity contribution is 0.556. The number of hydrogen-bond acceptors (Lipinski definition) is 0. The Morgan fingerprint density at radius 2 is 1.12 bits per heavy atom. The van der Waals surface area contributed by atoms with Gasteiger partial charge in [0.05, 0.1) is 0 Å². The summed E-state index contributed by atoms with van der Waals surface area (Å²) in [5.41, 5.74) is 2.76. The zero-order valence-electron chi connectivity index (χ0n) is 12.5. The lowest BCUT2D eigenvalue weighted by atomic mass is 10.0. The van der Waals surface area contributed by atoms with Gasteiger partial charge in [0, 0.05) is 0 Å². The van der Waals surface area contributed by atoms with Crippen molar-refractivity contribution in [1.29, 1.82) is 0 Å². The zero-order valence-corrected chi connectivity index (χ0v) is 12.5. The van der Waals surface area contributed by atoms with Gasteiger partial charge in [0.25, 0.3) is 0 Å². The van der Waals surface area contributed by atoms with Crippen molar-refractivity contribution in [3.8, 4) is 0 Å². The molecule has 17 heavy (non-hydrogen) atoms. The third-order valence-corrected chi connectivity index (χ3v) is 3.63. The maximum atomic E-state index is 3.98. The third kappa shape index (κ3) is 12.0. The second-order valence-corrected chi connectivity index (χ2v) is 5.49. The Bertz CT molecular complexity index is 184. The first-order valence-electron chi connectivity index (χ1n) is 7.66. The molecule has 0 heterocycles. The highest BCUT2D eigenvalue weighted by Gasteiger charge is 1.95. The van der Waals surface area contributed by atoms with Gasteiger partial charge in [-0.25, -0.2) is 0 Å². The molecule has 0 aromatic carbocycles. The van der Waals surface area contributed by atoms with Crippen molar-refractivity contribution in [1.82, 2.24) is 0 Å². The van der Waals surface area contributed by atoms with Crippen LogP contribution in [0.15, 0.2) is 11.1 Å². The highest BCUT2D eigenvalue weighted by Crippen LogP contribution is 2.14. The first-order chi connectivity index (χ1) is 8.18. The largest absolute Gasteiger partial charge is 0.0744 e. The minimum absolute atomic E-state index is 1.26. The van der Waals surface area contributed by atoms with Crippen LogP contribution in [0.4, 0.5) is 0 Å². The van der Waals surface area contributed by atoms with Gasteiger partial charge < -0.3 is 0 Å². The minimum atomic E-state index is 1.26. The van der Waals surface area contributed by atoms with Crippen LogP contribution in [-0.4, -0.2) is 0 Å². The van der Waals surface area contributed by atoms with Gasteiger partial charge in [-0.3, -0.25) is 0 Å². The summed E-state index contributed by atoms with van der Waals surface area (Å²) in [5.74, 6) is 0. The molecule has 0 rings (SSSR count). The Morgan fingerprint density at radius 1 is 0.706 bits per heavy atom. The molecule has 0 aliphatic rings. The van der Waals surface area contributed by atoms with Gasteiger partial charge >= 0.3 is 0 Å². The summed E-state index contributed by atoms with van der Waals surface area (Å²) in [4.78, 5) is 0. The monoisotopic (exact) mass is 237 g/mol. The fourth-order valence-electron chi connectivity index (χ4n) is 2.09. The summed E-state index contributed by atoms with van der Waals surface area (Å²) in [7, 11) is 0. The average Bonchev–Trinajstić information content (AvgIpc) is 2.31. The first kappa shape index (κ1) is 16.7. The van der Waals surface area contributed by atoms with E-state index in [1.807, 2.05) is 0 Å². The summed E-state index contributed by atoms with van der Waals surface area (Å²) < 4.78 is 0. The number of allylic oxidation sites excluding steroid dienone is 2. The molecule has 0 aromatic heterocycles. The second kappa shape index (κ2) is 12.2. The van der Waals surface area contributed by atoms with Crippen molar-refractivity contribution in [2.24, 2.45) is 0 Å². The predicted molar refractivity (Wildman–Crippen MR) is 80.2 cm³/mol. The van der Waals surface area contributed by atoms with Crippen LogP contribution in [0.1, 0.15) is 91.4 Å². The number of hydrogen-bond donors (Lipinski definition) is 0. The van der Waals surface area contributed by atoms with E-state index in [0.717, 1.165) is 0 Å². The molecule has 0 saturated carbocycles. The van der Waals surface area contributed by atoms with E-state index in [9.17, 15) is 0 Å². The fraction of sp³-hybridized carbons (Fsp3) is 0.824. The number of unbranched alkanes of at least 4 members (excludes halogenated alkanes) is 9. The van der Waals surface area contributed by atoms with Crippen LogP contribution >= 0.6 is 0 Å². The smallest absolute Gasteiger partial charge is 0.0283 e.